The Morgan fingerprint density at radius 2 is 2.14 bits per heavy atom. The van der Waals surface area contributed by atoms with Gasteiger partial charge in [-0.2, -0.15) is 0 Å². The van der Waals surface area contributed by atoms with Crippen LogP contribution in [0.5, 0.6) is 0 Å². The van der Waals surface area contributed by atoms with E-state index in [0.717, 1.165) is 22.1 Å². The van der Waals surface area contributed by atoms with Crippen molar-refractivity contribution in [3.05, 3.63) is 61.7 Å². The summed E-state index contributed by atoms with van der Waals surface area (Å²) in [5.74, 6) is -0.543. The lowest BCUT2D eigenvalue weighted by atomic mass is 9.81. The normalized spacial score (nSPS) is 17.4. The number of methoxy groups -OCH3 is 1. The molecular formula is C27H28FN3O5. The van der Waals surface area contributed by atoms with Gasteiger partial charge in [0, 0.05) is 42.2 Å². The van der Waals surface area contributed by atoms with Crippen molar-refractivity contribution in [3.63, 3.8) is 0 Å². The molecule has 2 aromatic heterocycles. The number of aryl methyl sites for hydroxylation is 1. The highest BCUT2D eigenvalue weighted by Crippen LogP contribution is 2.45. The van der Waals surface area contributed by atoms with E-state index in [1.54, 1.807) is 24.5 Å². The number of carbonyl (C=O) groups is 2. The second-order valence-corrected chi connectivity index (χ2v) is 9.64. The number of amides is 1. The van der Waals surface area contributed by atoms with Crippen molar-refractivity contribution in [2.45, 2.75) is 64.8 Å². The molecule has 1 amide bonds. The van der Waals surface area contributed by atoms with E-state index in [2.05, 4.69) is 5.32 Å². The molecule has 0 fully saturated rings. The lowest BCUT2D eigenvalue weighted by Crippen LogP contribution is -2.34. The highest BCUT2D eigenvalue weighted by atomic mass is 19.1. The Labute approximate surface area is 207 Å². The molecule has 3 heterocycles. The number of ether oxygens (including phenoxy) is 1. The predicted molar refractivity (Wildman–Crippen MR) is 131 cm³/mol. The molecular weight excluding hydrogens is 465 g/mol. The van der Waals surface area contributed by atoms with Gasteiger partial charge in [0.2, 0.25) is 5.91 Å². The maximum atomic E-state index is 14.9. The van der Waals surface area contributed by atoms with E-state index in [1.807, 2.05) is 0 Å². The Hall–Kier alpha value is -3.43. The summed E-state index contributed by atoms with van der Waals surface area (Å²) in [5, 5.41) is 14.9. The molecule has 2 aliphatic rings. The molecule has 0 spiro atoms. The number of carbonyl (C=O) groups excluding carboxylic acids is 2. The molecule has 36 heavy (non-hydrogen) atoms. The number of pyridine rings is 2. The zero-order valence-electron chi connectivity index (χ0n) is 20.7. The van der Waals surface area contributed by atoms with Crippen molar-refractivity contribution < 1.29 is 23.8 Å². The van der Waals surface area contributed by atoms with Gasteiger partial charge >= 0.3 is 0 Å². The number of nitrogens with one attached hydrogen (secondary N) is 1. The van der Waals surface area contributed by atoms with Crippen LogP contribution < -0.4 is 10.9 Å². The van der Waals surface area contributed by atoms with Crippen molar-refractivity contribution >= 4 is 23.1 Å². The number of aldehydes is 1. The van der Waals surface area contributed by atoms with E-state index in [0.29, 0.717) is 41.6 Å². The number of hydrogen-bond acceptors (Lipinski definition) is 6. The minimum Gasteiger partial charge on any atom is -0.380 e. The number of aromatic nitrogens is 2. The Balaban J connectivity index is 1.86. The fraction of sp³-hybridized carbons (Fsp3) is 0.407. The first-order valence-corrected chi connectivity index (χ1v) is 12.0. The summed E-state index contributed by atoms with van der Waals surface area (Å²) in [6, 6.07) is 2.69. The summed E-state index contributed by atoms with van der Waals surface area (Å²) in [7, 11) is 1.44. The first-order valence-electron chi connectivity index (χ1n) is 12.0. The largest absolute Gasteiger partial charge is 0.380 e. The monoisotopic (exact) mass is 493 g/mol. The van der Waals surface area contributed by atoms with Gasteiger partial charge in [-0.15, -0.1) is 0 Å². The molecule has 9 heteroatoms. The van der Waals surface area contributed by atoms with Crippen molar-refractivity contribution in [1.29, 1.82) is 0 Å². The number of rotatable bonds is 6. The first-order chi connectivity index (χ1) is 17.1. The molecule has 0 saturated heterocycles. The predicted octanol–water partition coefficient (Wildman–Crippen LogP) is 2.94. The Morgan fingerprint density at radius 3 is 2.78 bits per heavy atom. The highest BCUT2D eigenvalue weighted by molar-refractivity contribution is 5.93. The summed E-state index contributed by atoms with van der Waals surface area (Å²) in [5.41, 5.74) is 2.52. The summed E-state index contributed by atoms with van der Waals surface area (Å²) in [6.07, 6.45) is 1.69. The van der Waals surface area contributed by atoms with Gasteiger partial charge in [-0.25, -0.2) is 9.37 Å². The van der Waals surface area contributed by atoms with Crippen molar-refractivity contribution in [2.24, 2.45) is 0 Å². The summed E-state index contributed by atoms with van der Waals surface area (Å²) < 4.78 is 21.7. The average molecular weight is 494 g/mol. The molecule has 0 radical (unpaired) electrons. The Morgan fingerprint density at radius 1 is 1.39 bits per heavy atom. The van der Waals surface area contributed by atoms with E-state index in [-0.39, 0.29) is 54.0 Å². The number of aliphatic hydroxyl groups is 1. The minimum absolute atomic E-state index is 0.0673. The van der Waals surface area contributed by atoms with Gasteiger partial charge in [-0.3, -0.25) is 14.4 Å². The third-order valence-electron chi connectivity index (χ3n) is 7.60. The van der Waals surface area contributed by atoms with Crippen LogP contribution in [0.3, 0.4) is 0 Å². The highest BCUT2D eigenvalue weighted by Gasteiger charge is 2.37. The molecule has 2 N–H and O–H groups in total. The number of benzene rings is 1. The van der Waals surface area contributed by atoms with Crippen LogP contribution in [0.2, 0.25) is 0 Å². The molecule has 0 bridgehead atoms. The van der Waals surface area contributed by atoms with Gasteiger partial charge in [0.05, 0.1) is 36.1 Å². The van der Waals surface area contributed by atoms with Crippen LogP contribution in [0.15, 0.2) is 16.9 Å². The molecule has 3 aromatic rings. The SMILES string of the molecule is CC[C@@](O)(C=O)c1cc2n(c(=O)c1COC)Cc1c-2nc2cc(F)c(C)c3c2c1C(NC(C)=O)CC3. The van der Waals surface area contributed by atoms with E-state index in [9.17, 15) is 23.9 Å². The number of halogens is 1. The summed E-state index contributed by atoms with van der Waals surface area (Å²) in [4.78, 5) is 42.4. The third kappa shape index (κ3) is 3.41. The van der Waals surface area contributed by atoms with Gasteiger partial charge in [-0.1, -0.05) is 6.92 Å². The zero-order valence-corrected chi connectivity index (χ0v) is 20.7. The van der Waals surface area contributed by atoms with Crippen molar-refractivity contribution in [2.75, 3.05) is 7.11 Å². The smallest absolute Gasteiger partial charge is 0.257 e. The van der Waals surface area contributed by atoms with Gasteiger partial charge in [0.15, 0.2) is 6.29 Å². The first kappa shape index (κ1) is 24.3. The van der Waals surface area contributed by atoms with E-state index >= 15 is 0 Å². The van der Waals surface area contributed by atoms with E-state index < -0.39 is 5.60 Å². The van der Waals surface area contributed by atoms with Crippen LogP contribution in [0.4, 0.5) is 4.39 Å². The zero-order chi connectivity index (χ0) is 25.9. The Kier molecular flexibility index (Phi) is 5.80. The molecule has 2 atom stereocenters. The molecule has 1 aliphatic carbocycles. The number of fused-ring (bicyclic) bond motifs is 4. The van der Waals surface area contributed by atoms with Crippen LogP contribution in [-0.4, -0.2) is 34.0 Å². The van der Waals surface area contributed by atoms with Crippen LogP contribution in [-0.2, 0) is 39.5 Å². The van der Waals surface area contributed by atoms with Crippen LogP contribution in [0, 0.1) is 12.7 Å². The van der Waals surface area contributed by atoms with Crippen LogP contribution in [0.25, 0.3) is 22.3 Å². The van der Waals surface area contributed by atoms with E-state index in [1.165, 1.54) is 20.1 Å². The van der Waals surface area contributed by atoms with Gasteiger partial charge in [-0.05, 0) is 48.9 Å². The molecule has 1 aromatic carbocycles. The second kappa shape index (κ2) is 8.60. The molecule has 188 valence electrons. The summed E-state index contributed by atoms with van der Waals surface area (Å²) in [6.45, 7) is 4.98. The van der Waals surface area contributed by atoms with E-state index in [4.69, 9.17) is 9.72 Å². The van der Waals surface area contributed by atoms with Gasteiger partial charge in [0.25, 0.3) is 5.56 Å². The topological polar surface area (TPSA) is 111 Å². The molecule has 1 aliphatic heterocycles. The number of hydrogen-bond donors (Lipinski definition) is 2. The quantitative estimate of drug-likeness (QED) is 0.400. The lowest BCUT2D eigenvalue weighted by molar-refractivity contribution is -0.125. The Bertz CT molecular complexity index is 1510. The number of nitrogens with zero attached hydrogens (tertiary/aromatic N) is 2. The molecule has 5 rings (SSSR count). The van der Waals surface area contributed by atoms with Crippen LogP contribution in [0.1, 0.15) is 66.1 Å². The molecule has 8 nitrogen and oxygen atoms in total. The maximum Gasteiger partial charge on any atom is 0.257 e. The standard InChI is InChI=1S/C27H28FN3O5/c1-5-27(35,12-32)18-8-22-25-16(10-31(22)26(34)17(18)11-36-4)24-20(29-14(3)33)7-6-15-13(2)19(28)9-21(30-25)23(15)24/h8-9,12,20,35H,5-7,10-11H2,1-4H3,(H,29,33)/t20?,27-/m1/s1. The minimum atomic E-state index is -1.87. The fourth-order valence-electron chi connectivity index (χ4n) is 5.74. The lowest BCUT2D eigenvalue weighted by Gasteiger charge is -2.29. The van der Waals surface area contributed by atoms with Gasteiger partial charge < -0.3 is 19.7 Å². The fourth-order valence-corrected chi connectivity index (χ4v) is 5.74. The van der Waals surface area contributed by atoms with Crippen LogP contribution >= 0.6 is 0 Å². The maximum absolute atomic E-state index is 14.9. The molecule has 0 saturated carbocycles. The van der Waals surface area contributed by atoms with Crippen molar-refractivity contribution in [3.8, 4) is 11.4 Å². The molecule has 1 unspecified atom stereocenters. The summed E-state index contributed by atoms with van der Waals surface area (Å²) >= 11 is 0. The third-order valence-corrected chi connectivity index (χ3v) is 7.60. The second-order valence-electron chi connectivity index (χ2n) is 9.64. The van der Waals surface area contributed by atoms with Crippen molar-refractivity contribution in [1.82, 2.24) is 14.9 Å². The van der Waals surface area contributed by atoms with Gasteiger partial charge in [0.1, 0.15) is 11.4 Å². The average Bonchev–Trinajstić information content (AvgIpc) is 3.22.